The summed E-state index contributed by atoms with van der Waals surface area (Å²) >= 11 is 0. The van der Waals surface area contributed by atoms with Gasteiger partial charge in [-0.2, -0.15) is 5.26 Å². The van der Waals surface area contributed by atoms with Crippen LogP contribution in [0, 0.1) is 11.3 Å². The normalized spacial score (nSPS) is 13.5. The Labute approximate surface area is 180 Å². The van der Waals surface area contributed by atoms with Crippen molar-refractivity contribution in [2.75, 3.05) is 36.5 Å². The van der Waals surface area contributed by atoms with Crippen molar-refractivity contribution in [3.8, 4) is 17.3 Å². The standard InChI is InChI=1S/C23H22N6O2/c24-8-6-16-14-17(4-5-20(16)22(25)30)21-7-9-26-23(28-21)27-18-2-1-3-19(15-18)29-10-12-31-13-11-29/h1-5,7,9,14-15H,6,10-13H2,(H2,25,30)(H,26,27,28). The lowest BCUT2D eigenvalue weighted by Crippen LogP contribution is -2.36. The van der Waals surface area contributed by atoms with E-state index in [1.807, 2.05) is 12.1 Å². The summed E-state index contributed by atoms with van der Waals surface area (Å²) in [5.41, 5.74) is 9.80. The molecule has 2 aromatic carbocycles. The maximum atomic E-state index is 11.6. The van der Waals surface area contributed by atoms with Crippen molar-refractivity contribution in [2.24, 2.45) is 5.73 Å². The smallest absolute Gasteiger partial charge is 0.249 e. The molecular formula is C23H22N6O2. The van der Waals surface area contributed by atoms with E-state index in [-0.39, 0.29) is 6.42 Å². The fourth-order valence-corrected chi connectivity index (χ4v) is 3.54. The van der Waals surface area contributed by atoms with Gasteiger partial charge in [0, 0.05) is 41.8 Å². The molecule has 8 heteroatoms. The number of nitriles is 1. The fraction of sp³-hybridized carbons (Fsp3) is 0.217. The summed E-state index contributed by atoms with van der Waals surface area (Å²) in [6.45, 7) is 3.18. The van der Waals surface area contributed by atoms with E-state index in [4.69, 9.17) is 15.7 Å². The van der Waals surface area contributed by atoms with Crippen LogP contribution in [-0.2, 0) is 11.2 Å². The molecule has 0 unspecified atom stereocenters. The predicted octanol–water partition coefficient (Wildman–Crippen LogP) is 2.89. The van der Waals surface area contributed by atoms with Crippen LogP contribution in [0.3, 0.4) is 0 Å². The van der Waals surface area contributed by atoms with E-state index in [2.05, 4.69) is 38.4 Å². The zero-order valence-corrected chi connectivity index (χ0v) is 16.9. The van der Waals surface area contributed by atoms with Crippen molar-refractivity contribution in [1.29, 1.82) is 5.26 Å². The predicted molar refractivity (Wildman–Crippen MR) is 118 cm³/mol. The van der Waals surface area contributed by atoms with Crippen molar-refractivity contribution in [2.45, 2.75) is 6.42 Å². The summed E-state index contributed by atoms with van der Waals surface area (Å²) in [4.78, 5) is 22.8. The third-order valence-corrected chi connectivity index (χ3v) is 5.07. The lowest BCUT2D eigenvalue weighted by molar-refractivity contribution is 0.0999. The van der Waals surface area contributed by atoms with Crippen molar-refractivity contribution >= 4 is 23.2 Å². The average molecular weight is 414 g/mol. The summed E-state index contributed by atoms with van der Waals surface area (Å²) in [6.07, 6.45) is 1.76. The van der Waals surface area contributed by atoms with E-state index >= 15 is 0 Å². The first kappa shape index (κ1) is 20.3. The van der Waals surface area contributed by atoms with Gasteiger partial charge < -0.3 is 20.7 Å². The van der Waals surface area contributed by atoms with Crippen LogP contribution in [0.2, 0.25) is 0 Å². The Bertz CT molecular complexity index is 1130. The van der Waals surface area contributed by atoms with Gasteiger partial charge in [0.05, 0.1) is 31.4 Å². The summed E-state index contributed by atoms with van der Waals surface area (Å²) in [6, 6.07) is 17.1. The molecule has 156 valence electrons. The Morgan fingerprint density at radius 2 is 2.03 bits per heavy atom. The second-order valence-electron chi connectivity index (χ2n) is 7.11. The second-order valence-corrected chi connectivity index (χ2v) is 7.11. The highest BCUT2D eigenvalue weighted by Crippen LogP contribution is 2.25. The molecule has 2 heterocycles. The molecule has 8 nitrogen and oxygen atoms in total. The summed E-state index contributed by atoms with van der Waals surface area (Å²) in [5, 5.41) is 12.3. The van der Waals surface area contributed by atoms with Crippen LogP contribution >= 0.6 is 0 Å². The number of nitrogens with one attached hydrogen (secondary N) is 1. The Hall–Kier alpha value is -3.96. The highest BCUT2D eigenvalue weighted by Gasteiger charge is 2.13. The first-order valence-corrected chi connectivity index (χ1v) is 9.97. The van der Waals surface area contributed by atoms with Gasteiger partial charge in [-0.25, -0.2) is 9.97 Å². The number of aromatic nitrogens is 2. The van der Waals surface area contributed by atoms with Crippen LogP contribution in [0.1, 0.15) is 15.9 Å². The van der Waals surface area contributed by atoms with E-state index in [0.717, 1.165) is 43.2 Å². The molecule has 3 N–H and O–H groups in total. The minimum absolute atomic E-state index is 0.0939. The van der Waals surface area contributed by atoms with Gasteiger partial charge in [-0.1, -0.05) is 12.1 Å². The van der Waals surface area contributed by atoms with Crippen LogP contribution in [0.4, 0.5) is 17.3 Å². The molecule has 1 fully saturated rings. The average Bonchev–Trinajstić information content (AvgIpc) is 2.80. The molecule has 1 aliphatic rings. The number of morpholine rings is 1. The number of carbonyl (C=O) groups is 1. The summed E-state index contributed by atoms with van der Waals surface area (Å²) in [5.74, 6) is -0.0977. The summed E-state index contributed by atoms with van der Waals surface area (Å²) < 4.78 is 5.43. The number of ether oxygens (including phenoxy) is 1. The summed E-state index contributed by atoms with van der Waals surface area (Å²) in [7, 11) is 0. The Morgan fingerprint density at radius 3 is 2.81 bits per heavy atom. The molecule has 31 heavy (non-hydrogen) atoms. The second kappa shape index (κ2) is 9.24. The van der Waals surface area contributed by atoms with Crippen LogP contribution in [0.15, 0.2) is 54.7 Å². The van der Waals surface area contributed by atoms with Gasteiger partial charge in [0.1, 0.15) is 0 Å². The van der Waals surface area contributed by atoms with E-state index in [0.29, 0.717) is 22.8 Å². The number of nitrogens with two attached hydrogens (primary N) is 1. The zero-order valence-electron chi connectivity index (χ0n) is 16.9. The van der Waals surface area contributed by atoms with Gasteiger partial charge in [-0.15, -0.1) is 0 Å². The highest BCUT2D eigenvalue weighted by molar-refractivity contribution is 5.95. The molecule has 1 aromatic heterocycles. The molecular weight excluding hydrogens is 392 g/mol. The molecule has 0 spiro atoms. The first-order valence-electron chi connectivity index (χ1n) is 9.97. The van der Waals surface area contributed by atoms with Crippen molar-refractivity contribution in [3.05, 3.63) is 65.9 Å². The maximum Gasteiger partial charge on any atom is 0.249 e. The van der Waals surface area contributed by atoms with Crippen LogP contribution in [0.5, 0.6) is 0 Å². The van der Waals surface area contributed by atoms with Gasteiger partial charge in [-0.3, -0.25) is 4.79 Å². The van der Waals surface area contributed by atoms with Crippen LogP contribution < -0.4 is 16.0 Å². The van der Waals surface area contributed by atoms with Gasteiger partial charge in [-0.05, 0) is 42.0 Å². The number of nitrogens with zero attached hydrogens (tertiary/aromatic N) is 4. The number of primary amides is 1. The number of carbonyl (C=O) groups excluding carboxylic acids is 1. The topological polar surface area (TPSA) is 117 Å². The lowest BCUT2D eigenvalue weighted by atomic mass is 9.99. The van der Waals surface area contributed by atoms with Gasteiger partial charge >= 0.3 is 0 Å². The molecule has 3 aromatic rings. The van der Waals surface area contributed by atoms with Gasteiger partial charge in [0.2, 0.25) is 11.9 Å². The van der Waals surface area contributed by atoms with E-state index in [1.54, 1.807) is 30.5 Å². The Balaban J connectivity index is 1.57. The Morgan fingerprint density at radius 1 is 1.19 bits per heavy atom. The fourth-order valence-electron chi connectivity index (χ4n) is 3.54. The van der Waals surface area contributed by atoms with E-state index < -0.39 is 5.91 Å². The number of amides is 1. The molecule has 0 radical (unpaired) electrons. The van der Waals surface area contributed by atoms with E-state index in [1.165, 1.54) is 0 Å². The molecule has 4 rings (SSSR count). The molecule has 1 aliphatic heterocycles. The number of hydrogen-bond donors (Lipinski definition) is 2. The molecule has 1 amide bonds. The Kier molecular flexibility index (Phi) is 6.05. The minimum atomic E-state index is -0.554. The lowest BCUT2D eigenvalue weighted by Gasteiger charge is -2.29. The van der Waals surface area contributed by atoms with Gasteiger partial charge in [0.15, 0.2) is 0 Å². The van der Waals surface area contributed by atoms with Crippen LogP contribution in [0.25, 0.3) is 11.3 Å². The largest absolute Gasteiger partial charge is 0.378 e. The third kappa shape index (κ3) is 4.79. The molecule has 0 atom stereocenters. The SMILES string of the molecule is N#CCc1cc(-c2ccnc(Nc3cccc(N4CCOCC4)c3)n2)ccc1C(N)=O. The van der Waals surface area contributed by atoms with Crippen LogP contribution in [-0.4, -0.2) is 42.2 Å². The van der Waals surface area contributed by atoms with E-state index in [9.17, 15) is 4.79 Å². The minimum Gasteiger partial charge on any atom is -0.378 e. The first-order chi connectivity index (χ1) is 15.1. The van der Waals surface area contributed by atoms with Gasteiger partial charge in [0.25, 0.3) is 0 Å². The monoisotopic (exact) mass is 414 g/mol. The maximum absolute atomic E-state index is 11.6. The molecule has 0 aliphatic carbocycles. The number of rotatable bonds is 6. The van der Waals surface area contributed by atoms with Crippen molar-refractivity contribution < 1.29 is 9.53 Å². The number of benzene rings is 2. The zero-order chi connectivity index (χ0) is 21.6. The highest BCUT2D eigenvalue weighted by atomic mass is 16.5. The molecule has 1 saturated heterocycles. The van der Waals surface area contributed by atoms with Crippen molar-refractivity contribution in [1.82, 2.24) is 9.97 Å². The number of hydrogen-bond acceptors (Lipinski definition) is 7. The number of anilines is 3. The quantitative estimate of drug-likeness (QED) is 0.637. The third-order valence-electron chi connectivity index (χ3n) is 5.07. The molecule has 0 saturated carbocycles. The van der Waals surface area contributed by atoms with Crippen molar-refractivity contribution in [3.63, 3.8) is 0 Å². The molecule has 0 bridgehead atoms.